The Morgan fingerprint density at radius 3 is 2.80 bits per heavy atom. The molecule has 2 fully saturated rings. The number of rotatable bonds is 1. The van der Waals surface area contributed by atoms with Crippen LogP contribution < -0.4 is 40.4 Å². The molecule has 0 spiro atoms. The Balaban J connectivity index is 0.00000112. The third-order valence-electron chi connectivity index (χ3n) is 2.46. The van der Waals surface area contributed by atoms with Gasteiger partial charge in [0.2, 0.25) is 5.91 Å². The summed E-state index contributed by atoms with van der Waals surface area (Å²) in [5, 5.41) is 19.8. The number of hydrogen-bond acceptors (Lipinski definition) is 6. The van der Waals surface area contributed by atoms with Crippen LogP contribution in [0.1, 0.15) is 0 Å². The molecule has 78 valence electrons. The predicted octanol–water partition coefficient (Wildman–Crippen LogP) is -6.29. The maximum atomic E-state index is 11.2. The Hall–Kier alpha value is 0.210. The van der Waals surface area contributed by atoms with Gasteiger partial charge in [0.25, 0.3) is 0 Å². The van der Waals surface area contributed by atoms with Crippen molar-refractivity contribution in [3.05, 3.63) is 0 Å². The molecule has 2 saturated heterocycles. The van der Waals surface area contributed by atoms with Crippen molar-refractivity contribution in [2.75, 3.05) is 5.75 Å². The first-order chi connectivity index (χ1) is 6.54. The number of hydrogen-bond donors (Lipinski definition) is 2. The quantitative estimate of drug-likeness (QED) is 0.349. The molecule has 2 heterocycles. The van der Waals surface area contributed by atoms with Gasteiger partial charge in [-0.25, -0.2) is 0 Å². The van der Waals surface area contributed by atoms with Gasteiger partial charge >= 0.3 is 29.6 Å². The first kappa shape index (κ1) is 13.3. The van der Waals surface area contributed by atoms with Crippen molar-refractivity contribution in [1.29, 1.82) is 0 Å². The van der Waals surface area contributed by atoms with E-state index < -0.39 is 30.1 Å². The smallest absolute Gasteiger partial charge is 0.548 e. The average Bonchev–Trinajstić information content (AvgIpc) is 2.15. The topological polar surface area (TPSA) is 107 Å². The van der Waals surface area contributed by atoms with Gasteiger partial charge in [0.05, 0.1) is 18.1 Å². The first-order valence-corrected chi connectivity index (χ1v) is 5.17. The van der Waals surface area contributed by atoms with Crippen LogP contribution in [0.15, 0.2) is 0 Å². The van der Waals surface area contributed by atoms with Crippen molar-refractivity contribution in [3.8, 4) is 0 Å². The summed E-state index contributed by atoms with van der Waals surface area (Å²) in [6, 6.07) is -1.89. The van der Waals surface area contributed by atoms with Crippen LogP contribution in [0.25, 0.3) is 0 Å². The van der Waals surface area contributed by atoms with Gasteiger partial charge in [0.15, 0.2) is 0 Å². The fourth-order valence-corrected chi connectivity index (χ4v) is 3.03. The van der Waals surface area contributed by atoms with E-state index >= 15 is 0 Å². The number of aliphatic hydroxyl groups is 1. The monoisotopic (exact) mass is 240 g/mol. The molecule has 0 aliphatic carbocycles. The molecule has 15 heavy (non-hydrogen) atoms. The summed E-state index contributed by atoms with van der Waals surface area (Å²) < 4.78 is 0. The summed E-state index contributed by atoms with van der Waals surface area (Å²) in [5.74, 6) is -1.60. The minimum Gasteiger partial charge on any atom is -0.548 e. The molecule has 0 radical (unpaired) electrons. The number of fused-ring (bicyclic) bond motifs is 1. The van der Waals surface area contributed by atoms with Crippen LogP contribution in [0, 0.1) is 0 Å². The third kappa shape index (κ3) is 1.92. The van der Waals surface area contributed by atoms with E-state index in [4.69, 9.17) is 5.73 Å². The molecule has 0 aromatic heterocycles. The molecular weight excluding hydrogens is 231 g/mol. The fourth-order valence-electron chi connectivity index (χ4n) is 1.73. The van der Waals surface area contributed by atoms with Gasteiger partial charge in [-0.1, -0.05) is 0 Å². The molecule has 0 saturated carbocycles. The SMILES string of the molecule is NC1C(=O)N2C(C(=O)[O-])C(O)CS[C@H]12.[Na+]. The van der Waals surface area contributed by atoms with Crippen LogP contribution in [0.2, 0.25) is 0 Å². The Morgan fingerprint density at radius 2 is 2.27 bits per heavy atom. The molecule has 2 aliphatic heterocycles. The summed E-state index contributed by atoms with van der Waals surface area (Å²) in [6.45, 7) is 0. The van der Waals surface area contributed by atoms with Gasteiger partial charge in [0.1, 0.15) is 11.4 Å². The molecule has 0 aromatic rings. The first-order valence-electron chi connectivity index (χ1n) is 4.12. The van der Waals surface area contributed by atoms with Crippen LogP contribution in [0.5, 0.6) is 0 Å². The maximum Gasteiger partial charge on any atom is 1.00 e. The molecule has 0 aromatic carbocycles. The van der Waals surface area contributed by atoms with Crippen molar-refractivity contribution in [1.82, 2.24) is 4.90 Å². The molecule has 8 heteroatoms. The number of aliphatic carboxylic acids is 1. The molecule has 6 nitrogen and oxygen atoms in total. The van der Waals surface area contributed by atoms with Crippen LogP contribution in [-0.2, 0) is 9.59 Å². The fraction of sp³-hybridized carbons (Fsp3) is 0.714. The average molecular weight is 240 g/mol. The van der Waals surface area contributed by atoms with E-state index in [1.54, 1.807) is 0 Å². The minimum absolute atomic E-state index is 0. The number of β-lactam (4-membered cyclic amide) rings is 1. The number of carboxylic acid groups (broad SMARTS) is 1. The second-order valence-corrected chi connectivity index (χ2v) is 4.48. The van der Waals surface area contributed by atoms with Crippen molar-refractivity contribution >= 4 is 23.6 Å². The van der Waals surface area contributed by atoms with E-state index in [2.05, 4.69) is 0 Å². The normalized spacial score (nSPS) is 38.8. The number of carboxylic acids is 1. The molecule has 2 rings (SSSR count). The zero-order chi connectivity index (χ0) is 10.5. The van der Waals surface area contributed by atoms with Crippen molar-refractivity contribution in [2.45, 2.75) is 23.6 Å². The minimum atomic E-state index is -1.43. The Morgan fingerprint density at radius 1 is 1.67 bits per heavy atom. The molecule has 1 amide bonds. The predicted molar refractivity (Wildman–Crippen MR) is 45.9 cm³/mol. The van der Waals surface area contributed by atoms with E-state index in [0.29, 0.717) is 0 Å². The zero-order valence-corrected chi connectivity index (χ0v) is 10.9. The van der Waals surface area contributed by atoms with Crippen LogP contribution >= 0.6 is 11.8 Å². The van der Waals surface area contributed by atoms with E-state index in [9.17, 15) is 19.8 Å². The summed E-state index contributed by atoms with van der Waals surface area (Å²) in [5.41, 5.74) is 5.48. The number of nitrogens with zero attached hydrogens (tertiary/aromatic N) is 1. The molecule has 4 atom stereocenters. The number of amides is 1. The van der Waals surface area contributed by atoms with E-state index in [1.807, 2.05) is 0 Å². The van der Waals surface area contributed by atoms with Crippen LogP contribution in [0.3, 0.4) is 0 Å². The second-order valence-electron chi connectivity index (χ2n) is 3.33. The largest absolute Gasteiger partial charge is 1.00 e. The van der Waals surface area contributed by atoms with E-state index in [1.165, 1.54) is 11.8 Å². The Kier molecular flexibility index (Phi) is 4.07. The summed E-state index contributed by atoms with van der Waals surface area (Å²) in [7, 11) is 0. The Bertz CT molecular complexity index is 303. The molecule has 0 bridgehead atoms. The van der Waals surface area contributed by atoms with Crippen molar-refractivity contribution in [2.24, 2.45) is 5.73 Å². The number of thioether (sulfide) groups is 1. The van der Waals surface area contributed by atoms with Gasteiger partial charge < -0.3 is 25.6 Å². The van der Waals surface area contributed by atoms with Crippen LogP contribution in [-0.4, -0.2) is 51.2 Å². The molecule has 2 aliphatic rings. The van der Waals surface area contributed by atoms with Crippen molar-refractivity contribution < 1.29 is 49.4 Å². The summed E-state index contributed by atoms with van der Waals surface area (Å²) in [6.07, 6.45) is -1.07. The van der Waals surface area contributed by atoms with Gasteiger partial charge in [-0.05, 0) is 0 Å². The second kappa shape index (κ2) is 4.60. The number of nitrogens with two attached hydrogens (primary N) is 1. The third-order valence-corrected chi connectivity index (χ3v) is 3.86. The number of carbonyl (C=O) groups excluding carboxylic acids is 2. The van der Waals surface area contributed by atoms with E-state index in [-0.39, 0.29) is 40.7 Å². The summed E-state index contributed by atoms with van der Waals surface area (Å²) in [4.78, 5) is 23.0. The summed E-state index contributed by atoms with van der Waals surface area (Å²) >= 11 is 1.29. The van der Waals surface area contributed by atoms with Gasteiger partial charge in [-0.2, -0.15) is 0 Å². The standard InChI is InChI=1S/C7H10N2O4S.Na/c8-3-5(11)9-4(7(12)13)2(10)1-14-6(3)9;/h2-4,6,10H,1,8H2,(H,12,13);/q;+1/p-1/t2?,3?,4?,6-;/m1./s1. The Labute approximate surface area is 112 Å². The van der Waals surface area contributed by atoms with Crippen molar-refractivity contribution in [3.63, 3.8) is 0 Å². The van der Waals surface area contributed by atoms with E-state index in [0.717, 1.165) is 4.90 Å². The molecule has 3 N–H and O–H groups in total. The number of aliphatic hydroxyl groups excluding tert-OH is 1. The molecule has 3 unspecified atom stereocenters. The van der Waals surface area contributed by atoms with Crippen LogP contribution in [0.4, 0.5) is 0 Å². The maximum absolute atomic E-state index is 11.2. The van der Waals surface area contributed by atoms with Gasteiger partial charge in [0, 0.05) is 5.75 Å². The van der Waals surface area contributed by atoms with Gasteiger partial charge in [-0.15, -0.1) is 11.8 Å². The molecular formula is C7H9N2NaO4S. The van der Waals surface area contributed by atoms with Gasteiger partial charge in [-0.3, -0.25) is 4.79 Å². The zero-order valence-electron chi connectivity index (χ0n) is 8.12. The number of carbonyl (C=O) groups is 2.